The maximum Gasteiger partial charge on any atom is 0.262 e. The van der Waals surface area contributed by atoms with Gasteiger partial charge < -0.3 is 4.98 Å². The number of H-pyrrole nitrogens is 1. The highest BCUT2D eigenvalue weighted by Crippen LogP contribution is 2.29. The summed E-state index contributed by atoms with van der Waals surface area (Å²) in [7, 11) is 0. The largest absolute Gasteiger partial charge is 0.325 e. The van der Waals surface area contributed by atoms with Crippen LogP contribution >= 0.6 is 0 Å². The van der Waals surface area contributed by atoms with Gasteiger partial charge in [-0.3, -0.25) is 4.79 Å². The van der Waals surface area contributed by atoms with Gasteiger partial charge in [0.15, 0.2) is 0 Å². The quantitative estimate of drug-likeness (QED) is 0.780. The Hall–Kier alpha value is -2.17. The first-order valence-electron chi connectivity index (χ1n) is 6.65. The van der Waals surface area contributed by atoms with Crippen molar-refractivity contribution in [1.82, 2.24) is 14.4 Å². The molecule has 1 atom stereocenters. The number of nitrogens with one attached hydrogen (secondary N) is 1. The lowest BCUT2D eigenvalue weighted by atomic mass is 9.98. The number of fused-ring (bicyclic) bond motifs is 3. The van der Waals surface area contributed by atoms with E-state index in [0.717, 1.165) is 11.0 Å². The molecular weight excluding hydrogens is 257 g/mol. The number of rotatable bonds is 2. The van der Waals surface area contributed by atoms with Crippen molar-refractivity contribution in [1.29, 1.82) is 0 Å². The number of nitrogens with zero attached hydrogens (tertiary/aromatic N) is 2. The van der Waals surface area contributed by atoms with Gasteiger partial charge in [0.25, 0.3) is 5.56 Å². The van der Waals surface area contributed by atoms with Gasteiger partial charge >= 0.3 is 0 Å². The fraction of sp³-hybridized carbons (Fsp3) is 0.333. The molecule has 5 heteroatoms. The summed E-state index contributed by atoms with van der Waals surface area (Å²) in [6, 6.07) is 7.38. The smallest absolute Gasteiger partial charge is 0.262 e. The van der Waals surface area contributed by atoms with E-state index in [9.17, 15) is 9.18 Å². The second-order valence-corrected chi connectivity index (χ2v) is 5.24. The average molecular weight is 273 g/mol. The van der Waals surface area contributed by atoms with E-state index in [1.165, 1.54) is 11.3 Å². The number of hydrogen-bond donors (Lipinski definition) is 1. The summed E-state index contributed by atoms with van der Waals surface area (Å²) in [4.78, 5) is 19.9. The number of alkyl halides is 1. The lowest BCUT2D eigenvalue weighted by molar-refractivity contribution is 0.177. The van der Waals surface area contributed by atoms with E-state index < -0.39 is 5.67 Å². The van der Waals surface area contributed by atoms with Gasteiger partial charge in [-0.1, -0.05) is 19.1 Å². The molecule has 2 heterocycles. The van der Waals surface area contributed by atoms with Crippen molar-refractivity contribution >= 4 is 16.8 Å². The van der Waals surface area contributed by atoms with Gasteiger partial charge in [-0.15, -0.1) is 0 Å². The molecule has 1 N–H and O–H groups in total. The summed E-state index contributed by atoms with van der Waals surface area (Å²) < 4.78 is 16.1. The Labute approximate surface area is 115 Å². The van der Waals surface area contributed by atoms with E-state index >= 15 is 0 Å². The van der Waals surface area contributed by atoms with Gasteiger partial charge in [-0.2, -0.15) is 0 Å². The first-order chi connectivity index (χ1) is 9.45. The van der Waals surface area contributed by atoms with Crippen molar-refractivity contribution in [3.63, 3.8) is 0 Å². The van der Waals surface area contributed by atoms with Crippen LogP contribution in [-0.2, 0) is 5.67 Å². The average Bonchev–Trinajstić information content (AvgIpc) is 2.81. The monoisotopic (exact) mass is 273 g/mol. The highest BCUT2D eigenvalue weighted by atomic mass is 19.1. The van der Waals surface area contributed by atoms with Crippen LogP contribution in [0.25, 0.3) is 16.8 Å². The number of aromatic amines is 1. The predicted molar refractivity (Wildman–Crippen MR) is 76.8 cm³/mol. The molecule has 0 bridgehead atoms. The second-order valence-electron chi connectivity index (χ2n) is 5.24. The van der Waals surface area contributed by atoms with Crippen LogP contribution in [0, 0.1) is 6.92 Å². The molecule has 1 aromatic carbocycles. The minimum Gasteiger partial charge on any atom is -0.325 e. The maximum absolute atomic E-state index is 14.6. The van der Waals surface area contributed by atoms with Crippen LogP contribution in [-0.4, -0.2) is 14.4 Å². The molecule has 0 unspecified atom stereocenters. The van der Waals surface area contributed by atoms with Crippen LogP contribution in [0.2, 0.25) is 0 Å². The number of aromatic nitrogens is 3. The van der Waals surface area contributed by atoms with Crippen molar-refractivity contribution in [2.75, 3.05) is 0 Å². The van der Waals surface area contributed by atoms with Crippen LogP contribution < -0.4 is 5.56 Å². The molecular formula is C15H16FN3O. The molecule has 0 amide bonds. The third kappa shape index (κ3) is 1.66. The minimum atomic E-state index is -1.57. The fourth-order valence-electron chi connectivity index (χ4n) is 2.49. The topological polar surface area (TPSA) is 50.2 Å². The Bertz CT molecular complexity index is 861. The fourth-order valence-corrected chi connectivity index (χ4v) is 2.49. The third-order valence-electron chi connectivity index (χ3n) is 3.88. The van der Waals surface area contributed by atoms with Crippen molar-refractivity contribution < 1.29 is 4.39 Å². The summed E-state index contributed by atoms with van der Waals surface area (Å²) in [5, 5.41) is 0. The van der Waals surface area contributed by atoms with Gasteiger partial charge in [-0.25, -0.2) is 13.8 Å². The molecule has 104 valence electrons. The van der Waals surface area contributed by atoms with Crippen LogP contribution in [0.4, 0.5) is 4.39 Å². The van der Waals surface area contributed by atoms with E-state index in [1.54, 1.807) is 13.8 Å². The van der Waals surface area contributed by atoms with Crippen LogP contribution in [0.3, 0.4) is 0 Å². The van der Waals surface area contributed by atoms with Crippen molar-refractivity contribution in [2.24, 2.45) is 0 Å². The zero-order valence-corrected chi connectivity index (χ0v) is 11.7. The molecule has 0 saturated carbocycles. The standard InChI is InChI=1S/C15H16FN3O/c1-4-15(3,16)12-9(2)13(20)19-11-8-6-5-7-10(11)17-14(19)18-12/h5-8H,4H2,1-3H3,(H,17,18)/t15-/m1/s1. The summed E-state index contributed by atoms with van der Waals surface area (Å²) >= 11 is 0. The zero-order chi connectivity index (χ0) is 14.5. The van der Waals surface area contributed by atoms with Crippen molar-refractivity contribution in [3.8, 4) is 0 Å². The van der Waals surface area contributed by atoms with Crippen LogP contribution in [0.1, 0.15) is 31.5 Å². The normalized spacial score (nSPS) is 14.8. The molecule has 0 radical (unpaired) electrons. The van der Waals surface area contributed by atoms with E-state index in [2.05, 4.69) is 9.97 Å². The summed E-state index contributed by atoms with van der Waals surface area (Å²) in [5.41, 5.74) is 0.369. The Morgan fingerprint density at radius 1 is 1.40 bits per heavy atom. The van der Waals surface area contributed by atoms with Crippen LogP contribution in [0.5, 0.6) is 0 Å². The summed E-state index contributed by atoms with van der Waals surface area (Å²) in [6.45, 7) is 4.88. The maximum atomic E-state index is 14.6. The number of hydrogen-bond acceptors (Lipinski definition) is 2. The van der Waals surface area contributed by atoms with Crippen LogP contribution in [0.15, 0.2) is 29.1 Å². The second kappa shape index (κ2) is 4.16. The predicted octanol–water partition coefficient (Wildman–Crippen LogP) is 3.08. The van der Waals surface area contributed by atoms with E-state index in [1.807, 2.05) is 24.3 Å². The number of halogens is 1. The Morgan fingerprint density at radius 3 is 2.80 bits per heavy atom. The zero-order valence-electron chi connectivity index (χ0n) is 11.7. The molecule has 0 aliphatic rings. The van der Waals surface area contributed by atoms with E-state index in [4.69, 9.17) is 0 Å². The highest BCUT2D eigenvalue weighted by molar-refractivity contribution is 5.79. The molecule has 2 aromatic heterocycles. The molecule has 0 saturated heterocycles. The minimum absolute atomic E-state index is 0.222. The van der Waals surface area contributed by atoms with Gasteiger partial charge in [0.2, 0.25) is 5.78 Å². The van der Waals surface area contributed by atoms with Gasteiger partial charge in [0.05, 0.1) is 16.7 Å². The molecule has 0 aliphatic heterocycles. The Morgan fingerprint density at radius 2 is 2.10 bits per heavy atom. The third-order valence-corrected chi connectivity index (χ3v) is 3.88. The summed E-state index contributed by atoms with van der Waals surface area (Å²) in [5.74, 6) is 0.383. The Kier molecular flexibility index (Phi) is 2.67. The molecule has 0 aliphatic carbocycles. The molecule has 4 nitrogen and oxygen atoms in total. The van der Waals surface area contributed by atoms with Crippen molar-refractivity contribution in [2.45, 2.75) is 32.9 Å². The molecule has 3 aromatic rings. The lowest BCUT2D eigenvalue weighted by Gasteiger charge is -2.20. The van der Waals surface area contributed by atoms with E-state index in [-0.39, 0.29) is 5.56 Å². The van der Waals surface area contributed by atoms with Crippen molar-refractivity contribution in [3.05, 3.63) is 45.9 Å². The number of para-hydroxylation sites is 2. The SMILES string of the molecule is CC[C@@](C)(F)c1[nH]c2nc3ccccc3n2c(=O)c1C. The Balaban J connectivity index is 2.47. The number of benzene rings is 1. The molecule has 0 spiro atoms. The molecule has 0 fully saturated rings. The lowest BCUT2D eigenvalue weighted by Crippen LogP contribution is -2.26. The molecule has 20 heavy (non-hydrogen) atoms. The number of imidazole rings is 1. The van der Waals surface area contributed by atoms with Gasteiger partial charge in [-0.05, 0) is 32.4 Å². The van der Waals surface area contributed by atoms with Gasteiger partial charge in [0.1, 0.15) is 5.67 Å². The molecule has 3 rings (SSSR count). The summed E-state index contributed by atoms with van der Waals surface area (Å²) in [6.07, 6.45) is 0.292. The highest BCUT2D eigenvalue weighted by Gasteiger charge is 2.28. The first-order valence-corrected chi connectivity index (χ1v) is 6.65. The van der Waals surface area contributed by atoms with Gasteiger partial charge in [0, 0.05) is 5.56 Å². The first kappa shape index (κ1) is 12.8. The van der Waals surface area contributed by atoms with E-state index in [0.29, 0.717) is 23.5 Å².